The van der Waals surface area contributed by atoms with Gasteiger partial charge in [0.2, 0.25) is 0 Å². The first-order valence-electron chi connectivity index (χ1n) is 9.33. The first kappa shape index (κ1) is 22.1. The number of carbonyl (C=O) groups excluding carboxylic acids is 2. The van der Waals surface area contributed by atoms with Crippen LogP contribution in [0.1, 0.15) is 71.1 Å². The zero-order valence-electron chi connectivity index (χ0n) is 15.4. The SMILES string of the molecule is CCCCCCCCOC(=O)CCCCC(=O)Oc1cc(F)cc(F)c1. The Kier molecular flexibility index (Phi) is 11.2. The van der Waals surface area contributed by atoms with Gasteiger partial charge in [0.15, 0.2) is 0 Å². The summed E-state index contributed by atoms with van der Waals surface area (Å²) < 4.78 is 36.0. The molecule has 6 heteroatoms. The van der Waals surface area contributed by atoms with Crippen molar-refractivity contribution in [2.24, 2.45) is 0 Å². The molecule has 0 N–H and O–H groups in total. The van der Waals surface area contributed by atoms with E-state index in [1.54, 1.807) is 0 Å². The summed E-state index contributed by atoms with van der Waals surface area (Å²) in [5.74, 6) is -2.62. The number of hydrogen-bond donors (Lipinski definition) is 0. The van der Waals surface area contributed by atoms with Gasteiger partial charge in [0.1, 0.15) is 17.4 Å². The van der Waals surface area contributed by atoms with E-state index in [4.69, 9.17) is 9.47 Å². The van der Waals surface area contributed by atoms with Crippen molar-refractivity contribution >= 4 is 11.9 Å². The van der Waals surface area contributed by atoms with Gasteiger partial charge in [-0.15, -0.1) is 0 Å². The van der Waals surface area contributed by atoms with E-state index in [0.29, 0.717) is 25.5 Å². The molecule has 0 aliphatic heterocycles. The number of rotatable bonds is 13. The van der Waals surface area contributed by atoms with Crippen LogP contribution < -0.4 is 4.74 Å². The predicted octanol–water partition coefficient (Wildman–Crippen LogP) is 5.33. The molecule has 0 aliphatic carbocycles. The lowest BCUT2D eigenvalue weighted by atomic mass is 10.1. The normalized spacial score (nSPS) is 10.6. The van der Waals surface area contributed by atoms with Gasteiger partial charge in [0.05, 0.1) is 6.61 Å². The van der Waals surface area contributed by atoms with Crippen molar-refractivity contribution in [2.45, 2.75) is 71.1 Å². The highest BCUT2D eigenvalue weighted by atomic mass is 19.1. The molecule has 0 amide bonds. The van der Waals surface area contributed by atoms with Crippen molar-refractivity contribution in [1.82, 2.24) is 0 Å². The fourth-order valence-corrected chi connectivity index (χ4v) is 2.45. The maximum absolute atomic E-state index is 13.0. The molecule has 0 spiro atoms. The van der Waals surface area contributed by atoms with Crippen LogP contribution >= 0.6 is 0 Å². The molecular formula is C20H28F2O4. The molecule has 4 nitrogen and oxygen atoms in total. The second-order valence-corrected chi connectivity index (χ2v) is 6.27. The molecule has 0 saturated heterocycles. The van der Waals surface area contributed by atoms with Gasteiger partial charge in [-0.3, -0.25) is 9.59 Å². The summed E-state index contributed by atoms with van der Waals surface area (Å²) >= 11 is 0. The molecule has 0 aromatic heterocycles. The van der Waals surface area contributed by atoms with E-state index in [1.165, 1.54) is 25.7 Å². The van der Waals surface area contributed by atoms with E-state index in [1.807, 2.05) is 0 Å². The molecular weight excluding hydrogens is 342 g/mol. The average Bonchev–Trinajstić information content (AvgIpc) is 2.57. The molecule has 0 saturated carbocycles. The Morgan fingerprint density at radius 1 is 0.808 bits per heavy atom. The predicted molar refractivity (Wildman–Crippen MR) is 94.8 cm³/mol. The van der Waals surface area contributed by atoms with E-state index in [9.17, 15) is 18.4 Å². The maximum atomic E-state index is 13.0. The molecule has 1 aromatic rings. The molecule has 0 heterocycles. The Morgan fingerprint density at radius 2 is 1.38 bits per heavy atom. The highest BCUT2D eigenvalue weighted by Gasteiger charge is 2.09. The Hall–Kier alpha value is -1.98. The van der Waals surface area contributed by atoms with E-state index < -0.39 is 17.6 Å². The minimum Gasteiger partial charge on any atom is -0.466 e. The van der Waals surface area contributed by atoms with E-state index >= 15 is 0 Å². The summed E-state index contributed by atoms with van der Waals surface area (Å²) in [5, 5.41) is 0. The summed E-state index contributed by atoms with van der Waals surface area (Å²) in [5.41, 5.74) is 0. The lowest BCUT2D eigenvalue weighted by molar-refractivity contribution is -0.144. The number of benzene rings is 1. The summed E-state index contributed by atoms with van der Waals surface area (Å²) in [7, 11) is 0. The van der Waals surface area contributed by atoms with Crippen LogP contribution in [0.5, 0.6) is 5.75 Å². The monoisotopic (exact) mass is 370 g/mol. The Labute approximate surface area is 153 Å². The van der Waals surface area contributed by atoms with Crippen LogP contribution in [0.4, 0.5) is 8.78 Å². The maximum Gasteiger partial charge on any atom is 0.311 e. The fraction of sp³-hybridized carbons (Fsp3) is 0.600. The van der Waals surface area contributed by atoms with Crippen LogP contribution in [-0.2, 0) is 14.3 Å². The van der Waals surface area contributed by atoms with Gasteiger partial charge in [0.25, 0.3) is 0 Å². The van der Waals surface area contributed by atoms with Crippen molar-refractivity contribution in [3.05, 3.63) is 29.8 Å². The van der Waals surface area contributed by atoms with Gasteiger partial charge in [-0.05, 0) is 19.3 Å². The topological polar surface area (TPSA) is 52.6 Å². The third-order valence-electron chi connectivity index (χ3n) is 3.84. The molecule has 0 atom stereocenters. The highest BCUT2D eigenvalue weighted by Crippen LogP contribution is 2.16. The van der Waals surface area contributed by atoms with Crippen LogP contribution in [0, 0.1) is 11.6 Å². The van der Waals surface area contributed by atoms with Crippen molar-refractivity contribution in [3.63, 3.8) is 0 Å². The highest BCUT2D eigenvalue weighted by molar-refractivity contribution is 5.72. The first-order valence-corrected chi connectivity index (χ1v) is 9.33. The molecule has 1 rings (SSSR count). The molecule has 1 aromatic carbocycles. The fourth-order valence-electron chi connectivity index (χ4n) is 2.45. The van der Waals surface area contributed by atoms with Crippen molar-refractivity contribution in [3.8, 4) is 5.75 Å². The van der Waals surface area contributed by atoms with Gasteiger partial charge >= 0.3 is 11.9 Å². The van der Waals surface area contributed by atoms with Crippen LogP contribution in [0.15, 0.2) is 18.2 Å². The Morgan fingerprint density at radius 3 is 2.04 bits per heavy atom. The summed E-state index contributed by atoms with van der Waals surface area (Å²) in [6.07, 6.45) is 8.07. The molecule has 0 unspecified atom stereocenters. The second kappa shape index (κ2) is 13.3. The number of halogens is 2. The van der Waals surface area contributed by atoms with Gasteiger partial charge in [-0.2, -0.15) is 0 Å². The van der Waals surface area contributed by atoms with Crippen LogP contribution in [-0.4, -0.2) is 18.5 Å². The smallest absolute Gasteiger partial charge is 0.311 e. The van der Waals surface area contributed by atoms with Crippen molar-refractivity contribution in [1.29, 1.82) is 0 Å². The lowest BCUT2D eigenvalue weighted by Crippen LogP contribution is -2.09. The third-order valence-corrected chi connectivity index (χ3v) is 3.84. The minimum absolute atomic E-state index is 0.0723. The lowest BCUT2D eigenvalue weighted by Gasteiger charge is -2.06. The standard InChI is InChI=1S/C20H28F2O4/c1-2-3-4-5-6-9-12-25-19(23)10-7-8-11-20(24)26-18-14-16(21)13-17(22)15-18/h13-15H,2-12H2,1H3. The van der Waals surface area contributed by atoms with Gasteiger partial charge in [-0.1, -0.05) is 39.0 Å². The number of hydrogen-bond acceptors (Lipinski definition) is 4. The molecule has 26 heavy (non-hydrogen) atoms. The first-order chi connectivity index (χ1) is 12.5. The molecule has 0 bridgehead atoms. The van der Waals surface area contributed by atoms with Gasteiger partial charge in [-0.25, -0.2) is 8.78 Å². The average molecular weight is 370 g/mol. The van der Waals surface area contributed by atoms with Crippen LogP contribution in [0.3, 0.4) is 0 Å². The summed E-state index contributed by atoms with van der Waals surface area (Å²) in [4.78, 5) is 23.2. The number of unbranched alkanes of at least 4 members (excludes halogenated alkanes) is 6. The van der Waals surface area contributed by atoms with E-state index in [0.717, 1.165) is 25.0 Å². The van der Waals surface area contributed by atoms with E-state index in [2.05, 4.69) is 6.92 Å². The van der Waals surface area contributed by atoms with Gasteiger partial charge < -0.3 is 9.47 Å². The number of esters is 2. The zero-order chi connectivity index (χ0) is 19.2. The number of ether oxygens (including phenoxy) is 2. The summed E-state index contributed by atoms with van der Waals surface area (Å²) in [6, 6.07) is 2.59. The molecule has 146 valence electrons. The second-order valence-electron chi connectivity index (χ2n) is 6.27. The molecule has 0 fully saturated rings. The zero-order valence-corrected chi connectivity index (χ0v) is 15.4. The van der Waals surface area contributed by atoms with Crippen LogP contribution in [0.2, 0.25) is 0 Å². The molecule has 0 radical (unpaired) electrons. The Bertz CT molecular complexity index is 540. The minimum atomic E-state index is -0.805. The van der Waals surface area contributed by atoms with E-state index in [-0.39, 0.29) is 24.6 Å². The number of carbonyl (C=O) groups is 2. The third kappa shape index (κ3) is 10.8. The quantitative estimate of drug-likeness (QED) is 0.267. The van der Waals surface area contributed by atoms with Crippen molar-refractivity contribution in [2.75, 3.05) is 6.61 Å². The van der Waals surface area contributed by atoms with Crippen molar-refractivity contribution < 1.29 is 27.8 Å². The Balaban J connectivity index is 2.05. The van der Waals surface area contributed by atoms with Gasteiger partial charge in [0, 0.05) is 31.0 Å². The van der Waals surface area contributed by atoms with Crippen LogP contribution in [0.25, 0.3) is 0 Å². The summed E-state index contributed by atoms with van der Waals surface area (Å²) in [6.45, 7) is 2.61. The largest absolute Gasteiger partial charge is 0.466 e. The molecule has 0 aliphatic rings.